The summed E-state index contributed by atoms with van der Waals surface area (Å²) in [6, 6.07) is 41.7. The molecule has 4 rings (SSSR count). The standard InChI is InChI=1S/C32H32O2Si/c1-2-15-29(24-25-33-26-28-16-7-3-8-17-28)27-35(31-20-11-5-12-21-31,32-22-13-6-14-23-32)34-30-18-9-4-10-19-30/h2-14,16-23,27H,1,15,24-26H2/b29-27-. The molecule has 0 saturated carbocycles. The van der Waals surface area contributed by atoms with Crippen molar-refractivity contribution < 1.29 is 9.16 Å². The van der Waals surface area contributed by atoms with E-state index in [1.807, 2.05) is 54.6 Å². The molecule has 3 heteroatoms. The van der Waals surface area contributed by atoms with E-state index >= 15 is 0 Å². The van der Waals surface area contributed by atoms with Crippen molar-refractivity contribution >= 4 is 18.7 Å². The Kier molecular flexibility index (Phi) is 8.88. The summed E-state index contributed by atoms with van der Waals surface area (Å²) >= 11 is 0. The lowest BCUT2D eigenvalue weighted by molar-refractivity contribution is 0.123. The van der Waals surface area contributed by atoms with Crippen LogP contribution in [0.4, 0.5) is 0 Å². The minimum atomic E-state index is -2.78. The van der Waals surface area contributed by atoms with Crippen LogP contribution in [0.2, 0.25) is 0 Å². The van der Waals surface area contributed by atoms with Gasteiger partial charge in [0.2, 0.25) is 0 Å². The molecular formula is C32H32O2Si. The summed E-state index contributed by atoms with van der Waals surface area (Å²) in [5, 5.41) is 2.42. The second kappa shape index (κ2) is 12.7. The summed E-state index contributed by atoms with van der Waals surface area (Å²) in [5.74, 6) is 0.876. The molecule has 0 radical (unpaired) electrons. The number of allylic oxidation sites excluding steroid dienone is 1. The third kappa shape index (κ3) is 6.69. The summed E-state index contributed by atoms with van der Waals surface area (Å²) in [6.07, 6.45) is 3.59. The SMILES string of the molecule is C=CC/C(=C/[Si](Oc1ccccc1)(c1ccccc1)c1ccccc1)CCOCc1ccccc1. The minimum absolute atomic E-state index is 0.614. The molecule has 0 aromatic heterocycles. The van der Waals surface area contributed by atoms with Gasteiger partial charge in [-0.3, -0.25) is 0 Å². The van der Waals surface area contributed by atoms with Crippen molar-refractivity contribution in [1.82, 2.24) is 0 Å². The van der Waals surface area contributed by atoms with Crippen molar-refractivity contribution in [3.8, 4) is 5.75 Å². The second-order valence-electron chi connectivity index (χ2n) is 8.47. The molecule has 0 atom stereocenters. The third-order valence-corrected chi connectivity index (χ3v) is 9.67. The smallest absolute Gasteiger partial charge is 0.339 e. The summed E-state index contributed by atoms with van der Waals surface area (Å²) < 4.78 is 13.1. The number of para-hydroxylation sites is 1. The van der Waals surface area contributed by atoms with Gasteiger partial charge in [0.25, 0.3) is 0 Å². The first kappa shape index (κ1) is 24.5. The van der Waals surface area contributed by atoms with Crippen LogP contribution in [0.3, 0.4) is 0 Å². The maximum Gasteiger partial charge on any atom is 0.339 e. The summed E-state index contributed by atoms with van der Waals surface area (Å²) in [6.45, 7) is 5.29. The van der Waals surface area contributed by atoms with Gasteiger partial charge >= 0.3 is 8.32 Å². The van der Waals surface area contributed by atoms with Gasteiger partial charge in [-0.15, -0.1) is 6.58 Å². The van der Waals surface area contributed by atoms with Crippen molar-refractivity contribution in [1.29, 1.82) is 0 Å². The van der Waals surface area contributed by atoms with Gasteiger partial charge in [0.05, 0.1) is 13.2 Å². The Labute approximate surface area is 210 Å². The molecule has 0 heterocycles. The van der Waals surface area contributed by atoms with E-state index in [1.165, 1.54) is 21.5 Å². The molecule has 4 aromatic carbocycles. The lowest BCUT2D eigenvalue weighted by Crippen LogP contribution is -2.62. The third-order valence-electron chi connectivity index (χ3n) is 5.92. The van der Waals surface area contributed by atoms with Gasteiger partial charge in [0.15, 0.2) is 0 Å². The zero-order valence-corrected chi connectivity index (χ0v) is 21.1. The van der Waals surface area contributed by atoms with E-state index in [1.54, 1.807) is 0 Å². The Bertz CT molecular complexity index is 1150. The Morgan fingerprint density at radius 3 is 1.74 bits per heavy atom. The maximum absolute atomic E-state index is 7.01. The summed E-state index contributed by atoms with van der Waals surface area (Å²) in [4.78, 5) is 0. The van der Waals surface area contributed by atoms with Crippen LogP contribution in [0, 0.1) is 0 Å². The molecule has 35 heavy (non-hydrogen) atoms. The first-order valence-electron chi connectivity index (χ1n) is 12.1. The zero-order chi connectivity index (χ0) is 24.2. The highest BCUT2D eigenvalue weighted by atomic mass is 28.4. The molecular weight excluding hydrogens is 444 g/mol. The molecule has 0 aliphatic heterocycles. The van der Waals surface area contributed by atoms with E-state index in [9.17, 15) is 0 Å². The molecule has 0 N–H and O–H groups in total. The quantitative estimate of drug-likeness (QED) is 0.132. The van der Waals surface area contributed by atoms with E-state index in [4.69, 9.17) is 9.16 Å². The van der Waals surface area contributed by atoms with Gasteiger partial charge in [-0.2, -0.15) is 0 Å². The first-order valence-corrected chi connectivity index (χ1v) is 14.1. The Morgan fingerprint density at radius 1 is 0.686 bits per heavy atom. The van der Waals surface area contributed by atoms with Gasteiger partial charge in [0, 0.05) is 0 Å². The molecule has 0 bridgehead atoms. The van der Waals surface area contributed by atoms with Crippen LogP contribution >= 0.6 is 0 Å². The monoisotopic (exact) mass is 476 g/mol. The van der Waals surface area contributed by atoms with Gasteiger partial charge in [-0.25, -0.2) is 0 Å². The number of hydrogen-bond donors (Lipinski definition) is 0. The minimum Gasteiger partial charge on any atom is -0.531 e. The van der Waals surface area contributed by atoms with E-state index < -0.39 is 8.32 Å². The van der Waals surface area contributed by atoms with Crippen LogP contribution in [-0.4, -0.2) is 14.9 Å². The molecule has 0 aliphatic carbocycles. The van der Waals surface area contributed by atoms with Crippen molar-refractivity contribution in [2.24, 2.45) is 0 Å². The Balaban J connectivity index is 1.70. The van der Waals surface area contributed by atoms with Crippen molar-refractivity contribution in [3.05, 3.63) is 151 Å². The molecule has 0 saturated heterocycles. The average Bonchev–Trinajstić information content (AvgIpc) is 2.93. The predicted molar refractivity (Wildman–Crippen MR) is 149 cm³/mol. The first-order chi connectivity index (χ1) is 17.3. The van der Waals surface area contributed by atoms with E-state index in [-0.39, 0.29) is 0 Å². The maximum atomic E-state index is 7.01. The zero-order valence-electron chi connectivity index (χ0n) is 20.1. The van der Waals surface area contributed by atoms with Crippen LogP contribution in [0.5, 0.6) is 5.75 Å². The van der Waals surface area contributed by atoms with Gasteiger partial charge < -0.3 is 9.16 Å². The van der Waals surface area contributed by atoms with Crippen LogP contribution in [0.15, 0.2) is 145 Å². The van der Waals surface area contributed by atoms with Crippen molar-refractivity contribution in [3.63, 3.8) is 0 Å². The van der Waals surface area contributed by atoms with Gasteiger partial charge in [0.1, 0.15) is 5.75 Å². The average molecular weight is 477 g/mol. The largest absolute Gasteiger partial charge is 0.531 e. The molecule has 176 valence electrons. The Hall–Kier alpha value is -3.66. The molecule has 0 spiro atoms. The highest BCUT2D eigenvalue weighted by Crippen LogP contribution is 2.21. The summed E-state index contributed by atoms with van der Waals surface area (Å²) in [5.41, 5.74) is 4.87. The number of ether oxygens (including phenoxy) is 1. The molecule has 0 unspecified atom stereocenters. The van der Waals surface area contributed by atoms with Crippen LogP contribution in [0.25, 0.3) is 0 Å². The highest BCUT2D eigenvalue weighted by Gasteiger charge is 2.40. The fraction of sp³-hybridized carbons (Fsp3) is 0.125. The Morgan fingerprint density at radius 2 is 1.20 bits per heavy atom. The van der Waals surface area contributed by atoms with Crippen LogP contribution in [0.1, 0.15) is 18.4 Å². The topological polar surface area (TPSA) is 18.5 Å². The second-order valence-corrected chi connectivity index (χ2v) is 11.6. The lowest BCUT2D eigenvalue weighted by Gasteiger charge is -2.31. The van der Waals surface area contributed by atoms with E-state index in [0.29, 0.717) is 13.2 Å². The molecule has 0 aliphatic rings. The van der Waals surface area contributed by atoms with Crippen LogP contribution in [-0.2, 0) is 11.3 Å². The van der Waals surface area contributed by atoms with Gasteiger partial charge in [-0.05, 0) is 46.6 Å². The van der Waals surface area contributed by atoms with E-state index in [0.717, 1.165) is 18.6 Å². The lowest BCUT2D eigenvalue weighted by atomic mass is 10.1. The molecule has 0 amide bonds. The molecule has 4 aromatic rings. The van der Waals surface area contributed by atoms with Crippen LogP contribution < -0.4 is 14.8 Å². The highest BCUT2D eigenvalue weighted by molar-refractivity contribution is 7.01. The number of rotatable bonds is 12. The van der Waals surface area contributed by atoms with Crippen molar-refractivity contribution in [2.75, 3.05) is 6.61 Å². The molecule has 2 nitrogen and oxygen atoms in total. The predicted octanol–water partition coefficient (Wildman–Crippen LogP) is 6.47. The number of hydrogen-bond acceptors (Lipinski definition) is 2. The van der Waals surface area contributed by atoms with Gasteiger partial charge in [-0.1, -0.05) is 121 Å². The molecule has 0 fully saturated rings. The van der Waals surface area contributed by atoms with E-state index in [2.05, 4.69) is 85.1 Å². The number of benzene rings is 4. The summed E-state index contributed by atoms with van der Waals surface area (Å²) in [7, 11) is -2.78. The normalized spacial score (nSPS) is 11.7. The fourth-order valence-electron chi connectivity index (χ4n) is 4.20. The fourth-order valence-corrected chi connectivity index (χ4v) is 7.88. The van der Waals surface area contributed by atoms with Crippen molar-refractivity contribution in [2.45, 2.75) is 19.4 Å².